The van der Waals surface area contributed by atoms with Crippen LogP contribution in [0.4, 0.5) is 0 Å². The van der Waals surface area contributed by atoms with Gasteiger partial charge in [-0.25, -0.2) is 8.42 Å². The van der Waals surface area contributed by atoms with E-state index in [-0.39, 0.29) is 24.1 Å². The summed E-state index contributed by atoms with van der Waals surface area (Å²) in [4.78, 5) is 0.215. The fourth-order valence-electron chi connectivity index (χ4n) is 2.09. The van der Waals surface area contributed by atoms with Gasteiger partial charge in [-0.3, -0.25) is 0 Å². The molecular weight excluding hydrogens is 410 g/mol. The van der Waals surface area contributed by atoms with E-state index >= 15 is 0 Å². The monoisotopic (exact) mass is 427 g/mol. The number of aliphatic hydroxyl groups is 1. The lowest BCUT2D eigenvalue weighted by Gasteiger charge is -2.29. The topological polar surface area (TPSA) is 57.6 Å². The van der Waals surface area contributed by atoms with Crippen LogP contribution in [0.5, 0.6) is 0 Å². The Bertz CT molecular complexity index is 545. The molecule has 0 radical (unpaired) electrons. The second-order valence-corrected chi connectivity index (χ2v) is 8.01. The Morgan fingerprint density at radius 1 is 1.25 bits per heavy atom. The fraction of sp³-hybridized carbons (Fsp3) is 0.538. The van der Waals surface area contributed by atoms with Crippen LogP contribution in [-0.4, -0.2) is 37.0 Å². The van der Waals surface area contributed by atoms with Gasteiger partial charge in [0.25, 0.3) is 0 Å². The average molecular weight is 429 g/mol. The highest BCUT2D eigenvalue weighted by molar-refractivity contribution is 9.11. The van der Waals surface area contributed by atoms with E-state index in [1.165, 1.54) is 4.31 Å². The van der Waals surface area contributed by atoms with Crippen molar-refractivity contribution in [3.8, 4) is 0 Å². The van der Waals surface area contributed by atoms with Crippen molar-refractivity contribution in [2.75, 3.05) is 13.2 Å². The molecule has 0 aliphatic carbocycles. The predicted octanol–water partition coefficient (Wildman–Crippen LogP) is 3.38. The van der Waals surface area contributed by atoms with E-state index in [0.717, 1.165) is 0 Å². The Hall–Kier alpha value is 0.0500. The van der Waals surface area contributed by atoms with Crippen molar-refractivity contribution in [1.82, 2.24) is 4.31 Å². The van der Waals surface area contributed by atoms with Gasteiger partial charge in [-0.2, -0.15) is 4.31 Å². The highest BCUT2D eigenvalue weighted by Crippen LogP contribution is 2.30. The molecule has 0 fully saturated rings. The molecule has 0 amide bonds. The van der Waals surface area contributed by atoms with Crippen LogP contribution >= 0.6 is 31.9 Å². The highest BCUT2D eigenvalue weighted by atomic mass is 79.9. The van der Waals surface area contributed by atoms with Crippen molar-refractivity contribution >= 4 is 41.9 Å². The number of hydrogen-bond acceptors (Lipinski definition) is 3. The van der Waals surface area contributed by atoms with Gasteiger partial charge in [-0.05, 0) is 47.0 Å². The van der Waals surface area contributed by atoms with Crippen molar-refractivity contribution in [1.29, 1.82) is 0 Å². The third-order valence-corrected chi connectivity index (χ3v) is 6.59. The van der Waals surface area contributed by atoms with Crippen molar-refractivity contribution in [3.05, 3.63) is 27.1 Å². The van der Waals surface area contributed by atoms with Crippen LogP contribution in [0.2, 0.25) is 0 Å². The van der Waals surface area contributed by atoms with Gasteiger partial charge < -0.3 is 5.11 Å². The van der Waals surface area contributed by atoms with Crippen LogP contribution in [0.25, 0.3) is 0 Å². The molecule has 0 aliphatic rings. The zero-order valence-electron chi connectivity index (χ0n) is 11.5. The van der Waals surface area contributed by atoms with Gasteiger partial charge in [-0.15, -0.1) is 0 Å². The van der Waals surface area contributed by atoms with Crippen molar-refractivity contribution < 1.29 is 13.5 Å². The molecule has 7 heteroatoms. The molecule has 0 spiro atoms. The van der Waals surface area contributed by atoms with Crippen LogP contribution in [0, 0.1) is 0 Å². The normalized spacial score (nSPS) is 12.3. The summed E-state index contributed by atoms with van der Waals surface area (Å²) in [5.41, 5.74) is 0. The number of aliphatic hydroxyl groups excluding tert-OH is 1. The van der Waals surface area contributed by atoms with Crippen LogP contribution in [0.15, 0.2) is 32.0 Å². The van der Waals surface area contributed by atoms with Crippen LogP contribution < -0.4 is 0 Å². The van der Waals surface area contributed by atoms with Crippen LogP contribution in [-0.2, 0) is 10.0 Å². The smallest absolute Gasteiger partial charge is 0.244 e. The highest BCUT2D eigenvalue weighted by Gasteiger charge is 2.30. The molecule has 114 valence electrons. The number of halogens is 2. The van der Waals surface area contributed by atoms with Gasteiger partial charge in [0.15, 0.2) is 0 Å². The molecule has 0 aliphatic heterocycles. The Morgan fingerprint density at radius 2 is 1.85 bits per heavy atom. The zero-order valence-corrected chi connectivity index (χ0v) is 15.5. The maximum absolute atomic E-state index is 12.8. The summed E-state index contributed by atoms with van der Waals surface area (Å²) in [5, 5.41) is 9.18. The second-order valence-electron chi connectivity index (χ2n) is 4.38. The first kappa shape index (κ1) is 18.1. The molecule has 0 aromatic heterocycles. The first-order valence-corrected chi connectivity index (χ1v) is 9.48. The molecular formula is C13H19Br2NO3S. The molecule has 0 atom stereocenters. The third kappa shape index (κ3) is 4.04. The lowest BCUT2D eigenvalue weighted by atomic mass is 10.2. The predicted molar refractivity (Wildman–Crippen MR) is 87.2 cm³/mol. The number of nitrogens with zero attached hydrogens (tertiary/aromatic N) is 1. The van der Waals surface area contributed by atoms with Gasteiger partial charge in [0, 0.05) is 21.5 Å². The molecule has 0 saturated carbocycles. The standard InChI is InChI=1S/C13H19Br2NO3S/c1-3-11(4-2)16(7-8-17)20(18,19)13-9-10(14)5-6-12(13)15/h5-6,9,11,17H,3-4,7-8H2,1-2H3. The summed E-state index contributed by atoms with van der Waals surface area (Å²) in [6.45, 7) is 3.81. The second kappa shape index (κ2) is 7.89. The first-order valence-electron chi connectivity index (χ1n) is 6.46. The molecule has 0 saturated heterocycles. The zero-order chi connectivity index (χ0) is 15.3. The van der Waals surface area contributed by atoms with Gasteiger partial charge in [0.1, 0.15) is 0 Å². The summed E-state index contributed by atoms with van der Waals surface area (Å²) in [5.74, 6) is 0. The Labute approximate surface area is 137 Å². The lowest BCUT2D eigenvalue weighted by Crippen LogP contribution is -2.41. The number of sulfonamides is 1. The quantitative estimate of drug-likeness (QED) is 0.724. The van der Waals surface area contributed by atoms with E-state index in [1.807, 2.05) is 13.8 Å². The van der Waals surface area contributed by atoms with Crippen LogP contribution in [0.1, 0.15) is 26.7 Å². The summed E-state index contributed by atoms with van der Waals surface area (Å²) >= 11 is 6.58. The van der Waals surface area contributed by atoms with Gasteiger partial charge in [0.05, 0.1) is 11.5 Å². The minimum atomic E-state index is -3.64. The average Bonchev–Trinajstić information content (AvgIpc) is 2.41. The minimum Gasteiger partial charge on any atom is -0.395 e. The number of benzene rings is 1. The van der Waals surface area contributed by atoms with E-state index in [0.29, 0.717) is 21.8 Å². The van der Waals surface area contributed by atoms with Crippen molar-refractivity contribution in [3.63, 3.8) is 0 Å². The maximum atomic E-state index is 12.8. The molecule has 1 N–H and O–H groups in total. The Balaban J connectivity index is 3.32. The molecule has 1 rings (SSSR count). The molecule has 4 nitrogen and oxygen atoms in total. The van der Waals surface area contributed by atoms with E-state index in [9.17, 15) is 13.5 Å². The molecule has 20 heavy (non-hydrogen) atoms. The van der Waals surface area contributed by atoms with Gasteiger partial charge in [0.2, 0.25) is 10.0 Å². The largest absolute Gasteiger partial charge is 0.395 e. The third-order valence-electron chi connectivity index (χ3n) is 3.15. The molecule has 0 bridgehead atoms. The van der Waals surface area contributed by atoms with Crippen LogP contribution in [0.3, 0.4) is 0 Å². The number of hydrogen-bond donors (Lipinski definition) is 1. The summed E-state index contributed by atoms with van der Waals surface area (Å²) in [6, 6.07) is 4.93. The lowest BCUT2D eigenvalue weighted by molar-refractivity contribution is 0.219. The van der Waals surface area contributed by atoms with Gasteiger partial charge in [-0.1, -0.05) is 29.8 Å². The Morgan fingerprint density at radius 3 is 2.35 bits per heavy atom. The van der Waals surface area contributed by atoms with Gasteiger partial charge >= 0.3 is 0 Å². The summed E-state index contributed by atoms with van der Waals surface area (Å²) in [7, 11) is -3.64. The van der Waals surface area contributed by atoms with Crippen molar-refractivity contribution in [2.45, 2.75) is 37.6 Å². The fourth-order valence-corrected chi connectivity index (χ4v) is 5.32. The molecule has 1 aromatic carbocycles. The Kier molecular flexibility index (Phi) is 7.14. The number of rotatable bonds is 7. The minimum absolute atomic E-state index is 0.105. The SMILES string of the molecule is CCC(CC)N(CCO)S(=O)(=O)c1cc(Br)ccc1Br. The summed E-state index contributed by atoms with van der Waals surface area (Å²) < 4.78 is 28.2. The molecule has 0 heterocycles. The van der Waals surface area contributed by atoms with E-state index in [1.54, 1.807) is 18.2 Å². The van der Waals surface area contributed by atoms with E-state index in [4.69, 9.17) is 0 Å². The van der Waals surface area contributed by atoms with E-state index in [2.05, 4.69) is 31.9 Å². The first-order chi connectivity index (χ1) is 9.38. The van der Waals surface area contributed by atoms with E-state index < -0.39 is 10.0 Å². The maximum Gasteiger partial charge on any atom is 0.244 e. The van der Waals surface area contributed by atoms with Crippen molar-refractivity contribution in [2.24, 2.45) is 0 Å². The molecule has 1 aromatic rings. The molecule has 0 unspecified atom stereocenters. The summed E-state index contributed by atoms with van der Waals surface area (Å²) in [6.07, 6.45) is 1.42.